The minimum Gasteiger partial charge on any atom is -0.395 e. The second-order valence-corrected chi connectivity index (χ2v) is 3.98. The van der Waals surface area contributed by atoms with Gasteiger partial charge < -0.3 is 16.0 Å². The summed E-state index contributed by atoms with van der Waals surface area (Å²) < 4.78 is 0. The zero-order valence-electron chi connectivity index (χ0n) is 11.3. The molecule has 0 atom stereocenters. The number of hydrogen-bond acceptors (Lipinski definition) is 5. The highest BCUT2D eigenvalue weighted by molar-refractivity contribution is 5.77. The number of amides is 1. The van der Waals surface area contributed by atoms with Gasteiger partial charge in [-0.15, -0.1) is 0 Å². The lowest BCUT2D eigenvalue weighted by atomic mass is 10.2. The van der Waals surface area contributed by atoms with Crippen molar-refractivity contribution in [3.05, 3.63) is 17.8 Å². The van der Waals surface area contributed by atoms with Crippen LogP contribution in [-0.4, -0.2) is 35.4 Å². The van der Waals surface area contributed by atoms with Gasteiger partial charge in [0.15, 0.2) is 5.82 Å². The fourth-order valence-electron chi connectivity index (χ4n) is 1.73. The van der Waals surface area contributed by atoms with Crippen LogP contribution in [0.2, 0.25) is 0 Å². The Bertz CT molecular complexity index is 476. The molecular weight excluding hydrogens is 242 g/mol. The molecule has 0 aliphatic carbocycles. The van der Waals surface area contributed by atoms with Crippen molar-refractivity contribution < 1.29 is 4.79 Å². The van der Waals surface area contributed by atoms with Crippen molar-refractivity contribution in [1.82, 2.24) is 9.88 Å². The average molecular weight is 261 g/mol. The fraction of sp³-hybridized carbons (Fsp3) is 0.462. The lowest BCUT2D eigenvalue weighted by molar-refractivity contribution is -0.130. The molecule has 1 aromatic heterocycles. The summed E-state index contributed by atoms with van der Waals surface area (Å²) >= 11 is 0. The molecule has 0 fully saturated rings. The van der Waals surface area contributed by atoms with Gasteiger partial charge in [-0.05, 0) is 19.9 Å². The summed E-state index contributed by atoms with van der Waals surface area (Å²) in [4.78, 5) is 17.6. The number of aromatic nitrogens is 1. The summed E-state index contributed by atoms with van der Waals surface area (Å²) in [5.74, 6) is 0.541. The number of carbonyl (C=O) groups excluding carboxylic acids is 1. The van der Waals surface area contributed by atoms with E-state index >= 15 is 0 Å². The lowest BCUT2D eigenvalue weighted by Crippen LogP contribution is -2.31. The van der Waals surface area contributed by atoms with Crippen molar-refractivity contribution in [2.75, 3.05) is 30.7 Å². The zero-order valence-corrected chi connectivity index (χ0v) is 11.3. The summed E-state index contributed by atoms with van der Waals surface area (Å²) in [5, 5.41) is 11.8. The number of carbonyl (C=O) groups is 1. The van der Waals surface area contributed by atoms with Gasteiger partial charge in [0.2, 0.25) is 5.91 Å². The molecule has 0 saturated heterocycles. The molecule has 0 aromatic carbocycles. The van der Waals surface area contributed by atoms with E-state index in [0.29, 0.717) is 43.1 Å². The minimum absolute atomic E-state index is 0.0903. The third kappa shape index (κ3) is 3.85. The van der Waals surface area contributed by atoms with E-state index < -0.39 is 0 Å². The first kappa shape index (κ1) is 14.8. The number of rotatable bonds is 6. The van der Waals surface area contributed by atoms with Gasteiger partial charge in [0.05, 0.1) is 11.3 Å². The maximum absolute atomic E-state index is 11.8. The van der Waals surface area contributed by atoms with Crippen molar-refractivity contribution in [3.8, 4) is 6.07 Å². The quantitative estimate of drug-likeness (QED) is 0.802. The van der Waals surface area contributed by atoms with Crippen LogP contribution in [0.3, 0.4) is 0 Å². The molecule has 0 aliphatic heterocycles. The van der Waals surface area contributed by atoms with Crippen LogP contribution in [0.1, 0.15) is 25.8 Å². The highest BCUT2D eigenvalue weighted by Gasteiger charge is 2.10. The predicted octanol–water partition coefficient (Wildman–Crippen LogP) is 1.21. The predicted molar refractivity (Wildman–Crippen MR) is 74.4 cm³/mol. The van der Waals surface area contributed by atoms with Crippen molar-refractivity contribution in [2.45, 2.75) is 20.3 Å². The standard InChI is InChI=1S/C13H19N5O/c1-3-18(4-2)11(19)6-8-17-13-12(15)10(9-14)5-7-16-13/h5,7H,3-4,6,8,15H2,1-2H3,(H,16,17). The summed E-state index contributed by atoms with van der Waals surface area (Å²) in [6, 6.07) is 3.55. The SMILES string of the molecule is CCN(CC)C(=O)CCNc1nccc(C#N)c1N. The molecular formula is C13H19N5O. The number of anilines is 2. The summed E-state index contributed by atoms with van der Waals surface area (Å²) in [6.45, 7) is 5.76. The highest BCUT2D eigenvalue weighted by Crippen LogP contribution is 2.18. The van der Waals surface area contributed by atoms with Crippen LogP contribution in [0.5, 0.6) is 0 Å². The first-order valence-corrected chi connectivity index (χ1v) is 6.30. The number of pyridine rings is 1. The molecule has 1 heterocycles. The van der Waals surface area contributed by atoms with Gasteiger partial charge in [0.25, 0.3) is 0 Å². The molecule has 102 valence electrons. The van der Waals surface area contributed by atoms with E-state index in [-0.39, 0.29) is 5.91 Å². The van der Waals surface area contributed by atoms with Crippen LogP contribution in [-0.2, 0) is 4.79 Å². The Hall–Kier alpha value is -2.29. The van der Waals surface area contributed by atoms with Crippen molar-refractivity contribution in [1.29, 1.82) is 5.26 Å². The fourth-order valence-corrected chi connectivity index (χ4v) is 1.73. The molecule has 1 amide bonds. The monoisotopic (exact) mass is 261 g/mol. The van der Waals surface area contributed by atoms with E-state index in [4.69, 9.17) is 11.0 Å². The van der Waals surface area contributed by atoms with Gasteiger partial charge >= 0.3 is 0 Å². The first-order valence-electron chi connectivity index (χ1n) is 6.30. The van der Waals surface area contributed by atoms with E-state index in [1.807, 2.05) is 19.9 Å². The van der Waals surface area contributed by atoms with E-state index in [1.54, 1.807) is 11.0 Å². The second-order valence-electron chi connectivity index (χ2n) is 3.98. The van der Waals surface area contributed by atoms with Crippen molar-refractivity contribution in [3.63, 3.8) is 0 Å². The van der Waals surface area contributed by atoms with Crippen LogP contribution in [0.25, 0.3) is 0 Å². The molecule has 0 bridgehead atoms. The smallest absolute Gasteiger partial charge is 0.224 e. The largest absolute Gasteiger partial charge is 0.395 e. The van der Waals surface area contributed by atoms with E-state index in [2.05, 4.69) is 10.3 Å². The van der Waals surface area contributed by atoms with Crippen LogP contribution >= 0.6 is 0 Å². The van der Waals surface area contributed by atoms with Crippen molar-refractivity contribution >= 4 is 17.4 Å². The van der Waals surface area contributed by atoms with Crippen LogP contribution in [0.4, 0.5) is 11.5 Å². The summed E-state index contributed by atoms with van der Waals surface area (Å²) in [6.07, 6.45) is 1.89. The number of nitrogens with zero attached hydrogens (tertiary/aromatic N) is 3. The van der Waals surface area contributed by atoms with Gasteiger partial charge in [-0.25, -0.2) is 4.98 Å². The van der Waals surface area contributed by atoms with Gasteiger partial charge in [-0.2, -0.15) is 5.26 Å². The van der Waals surface area contributed by atoms with Crippen molar-refractivity contribution in [2.24, 2.45) is 0 Å². The third-order valence-corrected chi connectivity index (χ3v) is 2.86. The molecule has 0 spiro atoms. The Labute approximate surface area is 113 Å². The van der Waals surface area contributed by atoms with Gasteiger partial charge in [0.1, 0.15) is 6.07 Å². The van der Waals surface area contributed by atoms with Crippen LogP contribution in [0.15, 0.2) is 12.3 Å². The lowest BCUT2D eigenvalue weighted by Gasteiger charge is -2.18. The normalized spacial score (nSPS) is 9.74. The van der Waals surface area contributed by atoms with Gasteiger partial charge in [-0.3, -0.25) is 4.79 Å². The minimum atomic E-state index is 0.0903. The van der Waals surface area contributed by atoms with E-state index in [1.165, 1.54) is 6.20 Å². The van der Waals surface area contributed by atoms with E-state index in [9.17, 15) is 4.79 Å². The molecule has 19 heavy (non-hydrogen) atoms. The van der Waals surface area contributed by atoms with Gasteiger partial charge in [0, 0.05) is 32.3 Å². The first-order chi connectivity index (χ1) is 9.13. The maximum atomic E-state index is 11.8. The third-order valence-electron chi connectivity index (χ3n) is 2.86. The Morgan fingerprint density at radius 2 is 2.21 bits per heavy atom. The molecule has 0 aliphatic rings. The Kier molecular flexibility index (Phi) is 5.61. The Balaban J connectivity index is 2.55. The summed E-state index contributed by atoms with van der Waals surface area (Å²) in [5.41, 5.74) is 6.48. The second kappa shape index (κ2) is 7.21. The van der Waals surface area contributed by atoms with Crippen LogP contribution < -0.4 is 11.1 Å². The molecule has 1 rings (SSSR count). The van der Waals surface area contributed by atoms with E-state index in [0.717, 1.165) is 0 Å². The molecule has 1 aromatic rings. The molecule has 0 saturated carbocycles. The van der Waals surface area contributed by atoms with Crippen LogP contribution in [0, 0.1) is 11.3 Å². The highest BCUT2D eigenvalue weighted by atomic mass is 16.2. The number of nitrogens with one attached hydrogen (secondary N) is 1. The van der Waals surface area contributed by atoms with Gasteiger partial charge in [-0.1, -0.05) is 0 Å². The maximum Gasteiger partial charge on any atom is 0.224 e. The Morgan fingerprint density at radius 1 is 1.53 bits per heavy atom. The molecule has 6 heteroatoms. The number of nitrogens with two attached hydrogens (primary N) is 1. The molecule has 0 unspecified atom stereocenters. The molecule has 3 N–H and O–H groups in total. The number of nitriles is 1. The molecule has 0 radical (unpaired) electrons. The summed E-state index contributed by atoms with van der Waals surface area (Å²) in [7, 11) is 0. The Morgan fingerprint density at radius 3 is 2.79 bits per heavy atom. The average Bonchev–Trinajstić information content (AvgIpc) is 2.42. The topological polar surface area (TPSA) is 95.0 Å². The zero-order chi connectivity index (χ0) is 14.3. The molecule has 6 nitrogen and oxygen atoms in total. The number of nitrogen functional groups attached to an aromatic ring is 1. The number of hydrogen-bond donors (Lipinski definition) is 2.